The molecule has 0 atom stereocenters. The van der Waals surface area contributed by atoms with Gasteiger partial charge in [0.2, 0.25) is 0 Å². The molecule has 2 rings (SSSR count). The van der Waals surface area contributed by atoms with Gasteiger partial charge in [-0.15, -0.1) is 0 Å². The van der Waals surface area contributed by atoms with E-state index in [9.17, 15) is 15.0 Å². The quantitative estimate of drug-likeness (QED) is 0.634. The summed E-state index contributed by atoms with van der Waals surface area (Å²) < 4.78 is 0.818. The fourth-order valence-corrected chi connectivity index (χ4v) is 2.42. The Morgan fingerprint density at radius 2 is 1.95 bits per heavy atom. The average Bonchev–Trinajstić information content (AvgIpc) is 2.33. The van der Waals surface area contributed by atoms with Gasteiger partial charge in [-0.3, -0.25) is 4.79 Å². The molecule has 6 heteroatoms. The average molecular weight is 337 g/mol. The molecule has 0 aromatic heterocycles. The van der Waals surface area contributed by atoms with Crippen LogP contribution < -0.4 is 11.1 Å². The van der Waals surface area contributed by atoms with Crippen LogP contribution in [0.1, 0.15) is 15.9 Å². The minimum atomic E-state index is -0.500. The monoisotopic (exact) mass is 336 g/mol. The van der Waals surface area contributed by atoms with Crippen LogP contribution in [0.4, 0.5) is 11.4 Å². The van der Waals surface area contributed by atoms with E-state index in [1.54, 1.807) is 6.07 Å². The molecule has 0 saturated carbocycles. The molecule has 0 saturated heterocycles. The maximum absolute atomic E-state index is 12.1. The lowest BCUT2D eigenvalue weighted by atomic mass is 10.1. The third-order valence-electron chi connectivity index (χ3n) is 2.80. The molecule has 104 valence electrons. The van der Waals surface area contributed by atoms with Gasteiger partial charge in [-0.1, -0.05) is 15.9 Å². The number of carbonyl (C=O) groups is 1. The minimum Gasteiger partial charge on any atom is -0.508 e. The lowest BCUT2D eigenvalue weighted by Gasteiger charge is -2.12. The van der Waals surface area contributed by atoms with Crippen LogP contribution in [0.3, 0.4) is 0 Å². The number of aryl methyl sites for hydroxylation is 1. The van der Waals surface area contributed by atoms with E-state index < -0.39 is 5.91 Å². The van der Waals surface area contributed by atoms with E-state index in [0.29, 0.717) is 11.4 Å². The maximum atomic E-state index is 12.1. The molecule has 5 nitrogen and oxygen atoms in total. The van der Waals surface area contributed by atoms with Crippen molar-refractivity contribution >= 4 is 33.2 Å². The molecule has 0 unspecified atom stereocenters. The number of rotatable bonds is 2. The molecule has 0 spiro atoms. The molecule has 0 aliphatic rings. The number of aromatic hydroxyl groups is 2. The van der Waals surface area contributed by atoms with Crippen LogP contribution in [0.2, 0.25) is 0 Å². The topological polar surface area (TPSA) is 95.6 Å². The molecule has 0 heterocycles. The van der Waals surface area contributed by atoms with Gasteiger partial charge in [0.05, 0.1) is 16.9 Å². The zero-order chi connectivity index (χ0) is 14.9. The first-order valence-corrected chi connectivity index (χ1v) is 6.56. The maximum Gasteiger partial charge on any atom is 0.259 e. The summed E-state index contributed by atoms with van der Waals surface area (Å²) in [4.78, 5) is 12.1. The van der Waals surface area contributed by atoms with E-state index in [1.165, 1.54) is 12.1 Å². The Hall–Kier alpha value is -2.21. The molecule has 0 bridgehead atoms. The van der Waals surface area contributed by atoms with Gasteiger partial charge in [-0.2, -0.15) is 0 Å². The first-order chi connectivity index (χ1) is 9.38. The number of amides is 1. The summed E-state index contributed by atoms with van der Waals surface area (Å²) in [6.07, 6.45) is 0. The van der Waals surface area contributed by atoms with Gasteiger partial charge >= 0.3 is 0 Å². The van der Waals surface area contributed by atoms with Gasteiger partial charge in [0.15, 0.2) is 0 Å². The number of phenols is 2. The third-order valence-corrected chi connectivity index (χ3v) is 3.25. The largest absolute Gasteiger partial charge is 0.508 e. The van der Waals surface area contributed by atoms with Gasteiger partial charge < -0.3 is 21.3 Å². The zero-order valence-electron chi connectivity index (χ0n) is 10.6. The lowest BCUT2D eigenvalue weighted by Crippen LogP contribution is -2.14. The summed E-state index contributed by atoms with van der Waals surface area (Å²) in [6, 6.07) is 7.27. The molecule has 0 radical (unpaired) electrons. The Kier molecular flexibility index (Phi) is 3.85. The van der Waals surface area contributed by atoms with Crippen molar-refractivity contribution in [2.75, 3.05) is 11.1 Å². The summed E-state index contributed by atoms with van der Waals surface area (Å²) in [5.41, 5.74) is 7.63. The van der Waals surface area contributed by atoms with Crippen molar-refractivity contribution in [2.45, 2.75) is 6.92 Å². The minimum absolute atomic E-state index is 0.0597. The second-order valence-electron chi connectivity index (χ2n) is 4.34. The first kappa shape index (κ1) is 14.2. The molecule has 2 aromatic carbocycles. The van der Waals surface area contributed by atoms with E-state index in [4.69, 9.17) is 5.73 Å². The second kappa shape index (κ2) is 5.42. The lowest BCUT2D eigenvalue weighted by molar-refractivity contribution is 0.102. The number of phenolic OH excluding ortho intramolecular Hbond substituents is 2. The normalized spacial score (nSPS) is 10.3. The summed E-state index contributed by atoms with van der Waals surface area (Å²) in [5.74, 6) is -0.908. The predicted molar refractivity (Wildman–Crippen MR) is 81.0 cm³/mol. The highest BCUT2D eigenvalue weighted by atomic mass is 79.9. The first-order valence-electron chi connectivity index (χ1n) is 5.77. The molecule has 0 aliphatic carbocycles. The molecule has 20 heavy (non-hydrogen) atoms. The van der Waals surface area contributed by atoms with E-state index in [1.807, 2.05) is 13.0 Å². The number of benzene rings is 2. The van der Waals surface area contributed by atoms with Gasteiger partial charge in [-0.05, 0) is 36.8 Å². The number of halogens is 1. The van der Waals surface area contributed by atoms with Gasteiger partial charge in [0, 0.05) is 10.5 Å². The van der Waals surface area contributed by atoms with E-state index in [0.717, 1.165) is 16.1 Å². The molecular formula is C14H13BrN2O3. The van der Waals surface area contributed by atoms with Crippen LogP contribution in [0.25, 0.3) is 0 Å². The van der Waals surface area contributed by atoms with Crippen molar-refractivity contribution in [2.24, 2.45) is 0 Å². The molecule has 0 fully saturated rings. The van der Waals surface area contributed by atoms with Crippen LogP contribution in [-0.4, -0.2) is 16.1 Å². The number of nitrogen functional groups attached to an aromatic ring is 1. The van der Waals surface area contributed by atoms with Crippen molar-refractivity contribution in [3.63, 3.8) is 0 Å². The van der Waals surface area contributed by atoms with Crippen molar-refractivity contribution in [3.8, 4) is 11.5 Å². The number of carbonyl (C=O) groups excluding carboxylic acids is 1. The van der Waals surface area contributed by atoms with E-state index in [-0.39, 0.29) is 17.1 Å². The number of nitrogens with two attached hydrogens (primary N) is 1. The van der Waals surface area contributed by atoms with E-state index in [2.05, 4.69) is 21.2 Å². The highest BCUT2D eigenvalue weighted by Crippen LogP contribution is 2.29. The summed E-state index contributed by atoms with van der Waals surface area (Å²) in [7, 11) is 0. The Bertz CT molecular complexity index is 663. The number of nitrogens with one attached hydrogen (secondary N) is 1. The van der Waals surface area contributed by atoms with Crippen molar-refractivity contribution in [3.05, 3.63) is 45.9 Å². The molecule has 2 aromatic rings. The van der Waals surface area contributed by atoms with Crippen molar-refractivity contribution in [1.82, 2.24) is 0 Å². The van der Waals surface area contributed by atoms with Crippen LogP contribution >= 0.6 is 15.9 Å². The SMILES string of the molecule is Cc1cc(Br)cc(N)c1NC(=O)c1ccc(O)cc1O. The molecule has 1 amide bonds. The summed E-state index contributed by atoms with van der Waals surface area (Å²) in [6.45, 7) is 1.81. The Balaban J connectivity index is 2.33. The van der Waals surface area contributed by atoms with Crippen LogP contribution in [0.5, 0.6) is 11.5 Å². The van der Waals surface area contributed by atoms with Crippen LogP contribution in [0, 0.1) is 6.92 Å². The molecule has 0 aliphatic heterocycles. The fourth-order valence-electron chi connectivity index (χ4n) is 1.83. The third kappa shape index (κ3) is 2.85. The summed E-state index contributed by atoms with van der Waals surface area (Å²) >= 11 is 3.32. The smallest absolute Gasteiger partial charge is 0.259 e. The molecular weight excluding hydrogens is 324 g/mol. The highest BCUT2D eigenvalue weighted by molar-refractivity contribution is 9.10. The van der Waals surface area contributed by atoms with Crippen LogP contribution in [-0.2, 0) is 0 Å². The number of hydrogen-bond donors (Lipinski definition) is 4. The van der Waals surface area contributed by atoms with E-state index >= 15 is 0 Å². The Morgan fingerprint density at radius 1 is 1.25 bits per heavy atom. The van der Waals surface area contributed by atoms with Gasteiger partial charge in [-0.25, -0.2) is 0 Å². The molecule has 5 N–H and O–H groups in total. The summed E-state index contributed by atoms with van der Waals surface area (Å²) in [5, 5.41) is 21.5. The fraction of sp³-hybridized carbons (Fsp3) is 0.0714. The zero-order valence-corrected chi connectivity index (χ0v) is 12.2. The second-order valence-corrected chi connectivity index (χ2v) is 5.26. The van der Waals surface area contributed by atoms with Crippen molar-refractivity contribution < 1.29 is 15.0 Å². The Labute approximate surface area is 124 Å². The number of hydrogen-bond acceptors (Lipinski definition) is 4. The standard InChI is InChI=1S/C14H13BrN2O3/c1-7-4-8(15)5-11(16)13(7)17-14(20)10-3-2-9(18)6-12(10)19/h2-6,18-19H,16H2,1H3,(H,17,20). The highest BCUT2D eigenvalue weighted by Gasteiger charge is 2.14. The number of anilines is 2. The Morgan fingerprint density at radius 3 is 2.55 bits per heavy atom. The van der Waals surface area contributed by atoms with Gasteiger partial charge in [0.1, 0.15) is 11.5 Å². The van der Waals surface area contributed by atoms with Crippen molar-refractivity contribution in [1.29, 1.82) is 0 Å². The van der Waals surface area contributed by atoms with Crippen LogP contribution in [0.15, 0.2) is 34.8 Å². The predicted octanol–water partition coefficient (Wildman–Crippen LogP) is 3.00. The van der Waals surface area contributed by atoms with Gasteiger partial charge in [0.25, 0.3) is 5.91 Å².